The molecular formula is C14H21NO2S. The van der Waals surface area contributed by atoms with Crippen molar-refractivity contribution in [3.05, 3.63) is 34.9 Å². The molecule has 2 rings (SSSR count). The third-order valence-corrected chi connectivity index (χ3v) is 5.22. The Morgan fingerprint density at radius 1 is 1.17 bits per heavy atom. The number of benzene rings is 1. The van der Waals surface area contributed by atoms with E-state index >= 15 is 0 Å². The minimum atomic E-state index is -2.98. The minimum absolute atomic E-state index is 0.0997. The van der Waals surface area contributed by atoms with E-state index in [9.17, 15) is 8.42 Å². The SMILES string of the molecule is Cc1cc(C)cc(C2CS(=O)(=O)CC(C)(C)N2)c1. The third kappa shape index (κ3) is 3.12. The van der Waals surface area contributed by atoms with Gasteiger partial charge in [0, 0.05) is 11.6 Å². The first-order chi connectivity index (χ1) is 8.17. The van der Waals surface area contributed by atoms with Gasteiger partial charge in [0.15, 0.2) is 9.84 Å². The maximum atomic E-state index is 12.0. The number of hydrogen-bond donors (Lipinski definition) is 1. The highest BCUT2D eigenvalue weighted by molar-refractivity contribution is 7.91. The summed E-state index contributed by atoms with van der Waals surface area (Å²) in [6, 6.07) is 6.15. The van der Waals surface area contributed by atoms with E-state index in [4.69, 9.17) is 0 Å². The Kier molecular flexibility index (Phi) is 3.28. The number of sulfone groups is 1. The van der Waals surface area contributed by atoms with Crippen LogP contribution in [0, 0.1) is 13.8 Å². The van der Waals surface area contributed by atoms with Gasteiger partial charge in [0.2, 0.25) is 0 Å². The predicted molar refractivity (Wildman–Crippen MR) is 74.5 cm³/mol. The van der Waals surface area contributed by atoms with Crippen molar-refractivity contribution in [2.24, 2.45) is 0 Å². The third-order valence-electron chi connectivity index (χ3n) is 3.21. The summed E-state index contributed by atoms with van der Waals surface area (Å²) < 4.78 is 24.0. The van der Waals surface area contributed by atoms with E-state index in [1.165, 1.54) is 11.1 Å². The van der Waals surface area contributed by atoms with Gasteiger partial charge in [-0.1, -0.05) is 29.3 Å². The van der Waals surface area contributed by atoms with Crippen LogP contribution in [0.3, 0.4) is 0 Å². The molecule has 0 spiro atoms. The van der Waals surface area contributed by atoms with Crippen LogP contribution >= 0.6 is 0 Å². The average molecular weight is 267 g/mol. The van der Waals surface area contributed by atoms with Crippen molar-refractivity contribution in [1.82, 2.24) is 5.32 Å². The summed E-state index contributed by atoms with van der Waals surface area (Å²) in [4.78, 5) is 0. The average Bonchev–Trinajstić information content (AvgIpc) is 2.10. The van der Waals surface area contributed by atoms with Gasteiger partial charge in [0.05, 0.1) is 11.5 Å². The number of rotatable bonds is 1. The molecule has 1 atom stereocenters. The summed E-state index contributed by atoms with van der Waals surface area (Å²) in [5.41, 5.74) is 3.06. The lowest BCUT2D eigenvalue weighted by Crippen LogP contribution is -2.54. The molecule has 3 nitrogen and oxygen atoms in total. The molecule has 0 radical (unpaired) electrons. The quantitative estimate of drug-likeness (QED) is 0.848. The van der Waals surface area contributed by atoms with Crippen molar-refractivity contribution in [2.75, 3.05) is 11.5 Å². The zero-order chi connectivity index (χ0) is 13.6. The zero-order valence-electron chi connectivity index (χ0n) is 11.4. The van der Waals surface area contributed by atoms with Crippen LogP contribution in [-0.2, 0) is 9.84 Å². The van der Waals surface area contributed by atoms with E-state index in [1.807, 2.05) is 27.7 Å². The molecule has 1 aliphatic heterocycles. The van der Waals surface area contributed by atoms with E-state index in [1.54, 1.807) is 0 Å². The zero-order valence-corrected chi connectivity index (χ0v) is 12.3. The van der Waals surface area contributed by atoms with Gasteiger partial charge < -0.3 is 5.32 Å². The molecular weight excluding hydrogens is 246 g/mol. The molecule has 0 aliphatic carbocycles. The number of hydrogen-bond acceptors (Lipinski definition) is 3. The summed E-state index contributed by atoms with van der Waals surface area (Å²) >= 11 is 0. The molecule has 4 heteroatoms. The Hall–Kier alpha value is -0.870. The maximum absolute atomic E-state index is 12.0. The molecule has 1 aromatic rings. The minimum Gasteiger partial charge on any atom is -0.303 e. The standard InChI is InChI=1S/C14H21NO2S/c1-10-5-11(2)7-12(6-10)13-8-18(16,17)9-14(3,4)15-13/h5-7,13,15H,8-9H2,1-4H3. The van der Waals surface area contributed by atoms with Crippen molar-refractivity contribution in [1.29, 1.82) is 0 Å². The first-order valence-electron chi connectivity index (χ1n) is 6.23. The molecule has 1 heterocycles. The fraction of sp³-hybridized carbons (Fsp3) is 0.571. The Labute approximate surface area is 110 Å². The number of nitrogens with one attached hydrogen (secondary N) is 1. The second kappa shape index (κ2) is 4.35. The van der Waals surface area contributed by atoms with Gasteiger partial charge in [-0.2, -0.15) is 0 Å². The maximum Gasteiger partial charge on any atom is 0.153 e. The fourth-order valence-corrected chi connectivity index (χ4v) is 4.89. The van der Waals surface area contributed by atoms with Gasteiger partial charge >= 0.3 is 0 Å². The molecule has 100 valence electrons. The van der Waals surface area contributed by atoms with Crippen LogP contribution in [0.25, 0.3) is 0 Å². The molecule has 1 N–H and O–H groups in total. The highest BCUT2D eigenvalue weighted by Gasteiger charge is 2.36. The first kappa shape index (κ1) is 13.6. The van der Waals surface area contributed by atoms with Crippen molar-refractivity contribution >= 4 is 9.84 Å². The van der Waals surface area contributed by atoms with Crippen LogP contribution < -0.4 is 5.32 Å². The van der Waals surface area contributed by atoms with E-state index in [0.717, 1.165) is 5.56 Å². The first-order valence-corrected chi connectivity index (χ1v) is 8.05. The van der Waals surface area contributed by atoms with Crippen molar-refractivity contribution < 1.29 is 8.42 Å². The molecule has 1 aliphatic rings. The molecule has 0 bridgehead atoms. The summed E-state index contributed by atoms with van der Waals surface area (Å²) in [6.07, 6.45) is 0. The molecule has 0 saturated carbocycles. The molecule has 1 fully saturated rings. The van der Waals surface area contributed by atoms with Crippen LogP contribution in [0.4, 0.5) is 0 Å². The lowest BCUT2D eigenvalue weighted by atomic mass is 9.99. The predicted octanol–water partition coefficient (Wildman–Crippen LogP) is 2.14. The van der Waals surface area contributed by atoms with Gasteiger partial charge in [-0.15, -0.1) is 0 Å². The van der Waals surface area contributed by atoms with Gasteiger partial charge in [0.25, 0.3) is 0 Å². The van der Waals surface area contributed by atoms with Gasteiger partial charge in [0.1, 0.15) is 0 Å². The molecule has 1 saturated heterocycles. The molecule has 0 amide bonds. The summed E-state index contributed by atoms with van der Waals surface area (Å²) in [6.45, 7) is 7.97. The van der Waals surface area contributed by atoms with Gasteiger partial charge in [-0.3, -0.25) is 0 Å². The van der Waals surface area contributed by atoms with E-state index in [-0.39, 0.29) is 23.1 Å². The highest BCUT2D eigenvalue weighted by atomic mass is 32.2. The van der Waals surface area contributed by atoms with Gasteiger partial charge in [-0.05, 0) is 33.3 Å². The highest BCUT2D eigenvalue weighted by Crippen LogP contribution is 2.27. The van der Waals surface area contributed by atoms with Gasteiger partial charge in [-0.25, -0.2) is 8.42 Å². The van der Waals surface area contributed by atoms with E-state index in [2.05, 4.69) is 23.5 Å². The second-order valence-corrected chi connectivity index (χ2v) is 8.17. The summed E-state index contributed by atoms with van der Waals surface area (Å²) in [5, 5.41) is 3.44. The van der Waals surface area contributed by atoms with Crippen LogP contribution in [0.1, 0.15) is 36.6 Å². The molecule has 1 unspecified atom stereocenters. The van der Waals surface area contributed by atoms with Crippen molar-refractivity contribution in [3.8, 4) is 0 Å². The molecule has 0 aromatic heterocycles. The lowest BCUT2D eigenvalue weighted by molar-refractivity contribution is 0.359. The normalized spacial score (nSPS) is 25.9. The Balaban J connectivity index is 2.38. The molecule has 1 aromatic carbocycles. The van der Waals surface area contributed by atoms with E-state index < -0.39 is 9.84 Å². The van der Waals surface area contributed by atoms with E-state index in [0.29, 0.717) is 0 Å². The van der Waals surface area contributed by atoms with Crippen LogP contribution in [0.5, 0.6) is 0 Å². The van der Waals surface area contributed by atoms with Crippen molar-refractivity contribution in [3.63, 3.8) is 0 Å². The van der Waals surface area contributed by atoms with Crippen LogP contribution in [0.2, 0.25) is 0 Å². The monoisotopic (exact) mass is 267 g/mol. The topological polar surface area (TPSA) is 46.2 Å². The van der Waals surface area contributed by atoms with Crippen molar-refractivity contribution in [2.45, 2.75) is 39.3 Å². The Morgan fingerprint density at radius 2 is 1.72 bits per heavy atom. The summed E-state index contributed by atoms with van der Waals surface area (Å²) in [7, 11) is -2.98. The smallest absolute Gasteiger partial charge is 0.153 e. The Bertz CT molecular complexity index is 541. The Morgan fingerprint density at radius 3 is 2.22 bits per heavy atom. The van der Waals surface area contributed by atoms with Crippen LogP contribution in [-0.4, -0.2) is 25.5 Å². The van der Waals surface area contributed by atoms with Crippen LogP contribution in [0.15, 0.2) is 18.2 Å². The summed E-state index contributed by atoms with van der Waals surface area (Å²) in [5.74, 6) is 0.403. The second-order valence-electron chi connectivity index (χ2n) is 6.06. The molecule has 18 heavy (non-hydrogen) atoms. The largest absolute Gasteiger partial charge is 0.303 e. The lowest BCUT2D eigenvalue weighted by Gasteiger charge is -2.37. The fourth-order valence-electron chi connectivity index (χ4n) is 2.81. The number of aryl methyl sites for hydroxylation is 2.